The molecule has 0 heterocycles. The van der Waals surface area contributed by atoms with Crippen molar-refractivity contribution in [2.45, 2.75) is 104 Å². The van der Waals surface area contributed by atoms with E-state index in [1.54, 1.807) is 0 Å². The van der Waals surface area contributed by atoms with Gasteiger partial charge in [0.05, 0.1) is 6.61 Å². The number of ether oxygens (including phenoxy) is 1. The molecule has 0 unspecified atom stereocenters. The van der Waals surface area contributed by atoms with Crippen molar-refractivity contribution in [1.82, 2.24) is 0 Å². The van der Waals surface area contributed by atoms with Gasteiger partial charge in [0.1, 0.15) is 0 Å². The summed E-state index contributed by atoms with van der Waals surface area (Å²) in [6.07, 6.45) is 17.6. The van der Waals surface area contributed by atoms with Crippen LogP contribution in [0.5, 0.6) is 0 Å². The van der Waals surface area contributed by atoms with E-state index in [1.165, 1.54) is 70.6 Å². The number of hydrogen-bond donors (Lipinski definition) is 1. The van der Waals surface area contributed by atoms with Crippen LogP contribution < -0.4 is 0 Å². The highest BCUT2D eigenvalue weighted by Gasteiger charge is 2.13. The summed E-state index contributed by atoms with van der Waals surface area (Å²) in [5.41, 5.74) is 0. The molecule has 0 saturated heterocycles. The van der Waals surface area contributed by atoms with Crippen molar-refractivity contribution in [3.05, 3.63) is 0 Å². The number of carbonyl (C=O) groups excluding carboxylic acids is 1. The lowest BCUT2D eigenvalue weighted by molar-refractivity contribution is -0.140. The molecule has 0 aliphatic rings. The quantitative estimate of drug-likeness (QED) is 0.188. The summed E-state index contributed by atoms with van der Waals surface area (Å²) in [5, 5.41) is 0. The zero-order valence-corrected chi connectivity index (χ0v) is 17.7. The predicted molar refractivity (Wildman–Crippen MR) is 107 cm³/mol. The zero-order chi connectivity index (χ0) is 19.7. The Balaban J connectivity index is 3.17. The number of carbonyl (C=O) groups is 1. The Morgan fingerprint density at radius 2 is 1.15 bits per heavy atom. The van der Waals surface area contributed by atoms with E-state index >= 15 is 0 Å². The first kappa shape index (κ1) is 25.4. The third-order valence-corrected chi connectivity index (χ3v) is 5.09. The highest BCUT2D eigenvalue weighted by Crippen LogP contribution is 2.14. The molecule has 0 saturated carbocycles. The molecule has 0 aromatic heterocycles. The SMILES string of the molecule is CC(C)CCCCCCCCCCCCCCCOC(=O)CS(=O)(=O)O. The fourth-order valence-corrected chi connectivity index (χ4v) is 3.36. The molecule has 0 radical (unpaired) electrons. The summed E-state index contributed by atoms with van der Waals surface area (Å²) >= 11 is 0. The fraction of sp³-hybridized carbons (Fsp3) is 0.950. The van der Waals surface area contributed by atoms with E-state index < -0.39 is 21.8 Å². The second-order valence-electron chi connectivity index (χ2n) is 7.73. The number of hydrogen-bond acceptors (Lipinski definition) is 4. The third kappa shape index (κ3) is 21.4. The maximum absolute atomic E-state index is 11.1. The van der Waals surface area contributed by atoms with Gasteiger partial charge in [-0.2, -0.15) is 8.42 Å². The van der Waals surface area contributed by atoms with E-state index in [2.05, 4.69) is 13.8 Å². The maximum Gasteiger partial charge on any atom is 0.323 e. The average molecular weight is 393 g/mol. The normalized spacial score (nSPS) is 11.8. The van der Waals surface area contributed by atoms with Gasteiger partial charge in [0.25, 0.3) is 10.1 Å². The van der Waals surface area contributed by atoms with Gasteiger partial charge < -0.3 is 4.74 Å². The molecule has 0 bridgehead atoms. The van der Waals surface area contributed by atoms with Crippen LogP contribution in [0.1, 0.15) is 104 Å². The second-order valence-corrected chi connectivity index (χ2v) is 9.18. The second kappa shape index (κ2) is 16.5. The minimum Gasteiger partial charge on any atom is -0.465 e. The van der Waals surface area contributed by atoms with Crippen LogP contribution in [-0.2, 0) is 19.6 Å². The van der Waals surface area contributed by atoms with E-state index in [4.69, 9.17) is 9.29 Å². The highest BCUT2D eigenvalue weighted by molar-refractivity contribution is 7.86. The van der Waals surface area contributed by atoms with Crippen molar-refractivity contribution >= 4 is 16.1 Å². The lowest BCUT2D eigenvalue weighted by Gasteiger charge is -2.05. The van der Waals surface area contributed by atoms with Gasteiger partial charge in [-0.15, -0.1) is 0 Å². The summed E-state index contributed by atoms with van der Waals surface area (Å²) in [5.74, 6) is -0.993. The molecule has 1 N–H and O–H groups in total. The van der Waals surface area contributed by atoms with E-state index in [-0.39, 0.29) is 6.61 Å². The van der Waals surface area contributed by atoms with Crippen LogP contribution in [0.3, 0.4) is 0 Å². The van der Waals surface area contributed by atoms with Gasteiger partial charge in [0, 0.05) is 0 Å². The van der Waals surface area contributed by atoms with Gasteiger partial charge in [-0.3, -0.25) is 9.35 Å². The van der Waals surface area contributed by atoms with Gasteiger partial charge in [-0.05, 0) is 12.3 Å². The topological polar surface area (TPSA) is 80.7 Å². The molecule has 0 rings (SSSR count). The Hall–Kier alpha value is -0.620. The van der Waals surface area contributed by atoms with Crippen LogP contribution in [0.15, 0.2) is 0 Å². The molecule has 156 valence electrons. The summed E-state index contributed by atoms with van der Waals surface area (Å²) in [4.78, 5) is 11.1. The molecule has 0 fully saturated rings. The summed E-state index contributed by atoms with van der Waals surface area (Å²) in [6, 6.07) is 0. The lowest BCUT2D eigenvalue weighted by Crippen LogP contribution is -2.18. The number of unbranched alkanes of at least 4 members (excludes halogenated alkanes) is 12. The monoisotopic (exact) mass is 392 g/mol. The Morgan fingerprint density at radius 3 is 1.54 bits per heavy atom. The van der Waals surface area contributed by atoms with Crippen LogP contribution in [0.2, 0.25) is 0 Å². The zero-order valence-electron chi connectivity index (χ0n) is 16.9. The first-order valence-corrected chi connectivity index (χ1v) is 12.0. The molecule has 0 aromatic carbocycles. The Bertz CT molecular complexity index is 431. The summed E-state index contributed by atoms with van der Waals surface area (Å²) in [6.45, 7) is 4.82. The minimum absolute atomic E-state index is 0.228. The van der Waals surface area contributed by atoms with Crippen LogP contribution in [0.4, 0.5) is 0 Å². The Morgan fingerprint density at radius 1 is 0.769 bits per heavy atom. The summed E-state index contributed by atoms with van der Waals surface area (Å²) in [7, 11) is -4.27. The maximum atomic E-state index is 11.1. The van der Waals surface area contributed by atoms with Gasteiger partial charge in [0.2, 0.25) is 0 Å². The third-order valence-electron chi connectivity index (χ3n) is 4.49. The smallest absolute Gasteiger partial charge is 0.323 e. The van der Waals surface area contributed by atoms with Crippen molar-refractivity contribution in [2.75, 3.05) is 12.4 Å². The molecule has 26 heavy (non-hydrogen) atoms. The van der Waals surface area contributed by atoms with Gasteiger partial charge >= 0.3 is 5.97 Å². The van der Waals surface area contributed by atoms with E-state index in [1.807, 2.05) is 0 Å². The lowest BCUT2D eigenvalue weighted by atomic mass is 10.0. The van der Waals surface area contributed by atoms with Crippen molar-refractivity contribution in [3.63, 3.8) is 0 Å². The molecule has 0 aliphatic heterocycles. The Kier molecular flexibility index (Phi) is 16.2. The van der Waals surface area contributed by atoms with Crippen LogP contribution in [0, 0.1) is 5.92 Å². The van der Waals surface area contributed by atoms with E-state index in [9.17, 15) is 13.2 Å². The number of esters is 1. The van der Waals surface area contributed by atoms with Crippen molar-refractivity contribution in [3.8, 4) is 0 Å². The standard InChI is InChI=1S/C20H40O5S/c1-19(2)16-14-12-10-8-6-4-3-5-7-9-11-13-15-17-25-20(21)18-26(22,23)24/h19H,3-18H2,1-2H3,(H,22,23,24). The largest absolute Gasteiger partial charge is 0.465 e. The van der Waals surface area contributed by atoms with Crippen LogP contribution >= 0.6 is 0 Å². The molecule has 5 nitrogen and oxygen atoms in total. The van der Waals surface area contributed by atoms with Crippen molar-refractivity contribution in [1.29, 1.82) is 0 Å². The van der Waals surface area contributed by atoms with Crippen LogP contribution in [-0.4, -0.2) is 31.3 Å². The average Bonchev–Trinajstić information content (AvgIpc) is 2.52. The molecular formula is C20H40O5S. The van der Waals surface area contributed by atoms with Gasteiger partial charge in [0.15, 0.2) is 5.75 Å². The molecule has 0 spiro atoms. The first-order valence-electron chi connectivity index (χ1n) is 10.4. The van der Waals surface area contributed by atoms with E-state index in [0.717, 1.165) is 25.2 Å². The van der Waals surface area contributed by atoms with Crippen molar-refractivity contribution in [2.24, 2.45) is 5.92 Å². The first-order chi connectivity index (χ1) is 12.3. The molecule has 0 aromatic rings. The van der Waals surface area contributed by atoms with Gasteiger partial charge in [-0.25, -0.2) is 0 Å². The van der Waals surface area contributed by atoms with Crippen LogP contribution in [0.25, 0.3) is 0 Å². The molecule has 0 atom stereocenters. The predicted octanol–water partition coefficient (Wildman–Crippen LogP) is 5.53. The Labute approximate surface area is 161 Å². The fourth-order valence-electron chi connectivity index (χ4n) is 2.98. The summed E-state index contributed by atoms with van der Waals surface area (Å²) < 4.78 is 34.2. The minimum atomic E-state index is -4.27. The number of rotatable bonds is 18. The molecular weight excluding hydrogens is 352 g/mol. The van der Waals surface area contributed by atoms with Crippen molar-refractivity contribution < 1.29 is 22.5 Å². The van der Waals surface area contributed by atoms with E-state index in [0.29, 0.717) is 0 Å². The molecule has 6 heteroatoms. The highest BCUT2D eigenvalue weighted by atomic mass is 32.2. The van der Waals surface area contributed by atoms with Gasteiger partial charge in [-0.1, -0.05) is 97.3 Å². The molecule has 0 amide bonds. The molecule has 0 aliphatic carbocycles.